The summed E-state index contributed by atoms with van der Waals surface area (Å²) in [6, 6.07) is 0. The van der Waals surface area contributed by atoms with Crippen molar-refractivity contribution in [3.8, 4) is 0 Å². The van der Waals surface area contributed by atoms with Crippen molar-refractivity contribution in [2.45, 2.75) is 76.9 Å². The minimum Gasteiger partial charge on any atom is -0.748 e. The minimum absolute atomic E-state index is 0.0248. The van der Waals surface area contributed by atoms with Crippen molar-refractivity contribution in [2.75, 3.05) is 17.3 Å². The van der Waals surface area contributed by atoms with Gasteiger partial charge < -0.3 is 4.55 Å². The standard InChI is InChI=1S/C10H16O4S.C10H17OS/c1-9(2)7-3-4-10(9,8(11)5-7)6-15(12,13)14;11-9-5-1-2-6-10(9)12-7-3-4-8-12/h7H,3-6H2,1-2H3,(H,12,13,14);10H,1-8H2/q;+1/p-1. The van der Waals surface area contributed by atoms with Crippen molar-refractivity contribution in [1.82, 2.24) is 0 Å². The van der Waals surface area contributed by atoms with Gasteiger partial charge in [0.2, 0.25) is 0 Å². The Morgan fingerprint density at radius 2 is 1.74 bits per heavy atom. The van der Waals surface area contributed by atoms with Crippen molar-refractivity contribution >= 4 is 32.6 Å². The average Bonchev–Trinajstić information content (AvgIpc) is 3.21. The molecule has 0 N–H and O–H groups in total. The lowest BCUT2D eigenvalue weighted by atomic mass is 9.70. The predicted octanol–water partition coefficient (Wildman–Crippen LogP) is 2.84. The summed E-state index contributed by atoms with van der Waals surface area (Å²) in [6.45, 7) is 3.83. The molecule has 2 bridgehead atoms. The molecule has 1 heterocycles. The van der Waals surface area contributed by atoms with E-state index in [9.17, 15) is 22.6 Å². The number of fused-ring (bicyclic) bond motifs is 2. The smallest absolute Gasteiger partial charge is 0.184 e. The van der Waals surface area contributed by atoms with Crippen molar-refractivity contribution in [3.63, 3.8) is 0 Å². The second kappa shape index (κ2) is 7.79. The van der Waals surface area contributed by atoms with Gasteiger partial charge in [0.1, 0.15) is 17.3 Å². The van der Waals surface area contributed by atoms with Gasteiger partial charge in [-0.3, -0.25) is 9.59 Å². The summed E-state index contributed by atoms with van der Waals surface area (Å²) < 4.78 is 32.7. The fourth-order valence-electron chi connectivity index (χ4n) is 5.67. The second-order valence-corrected chi connectivity index (χ2v) is 13.1. The van der Waals surface area contributed by atoms with Gasteiger partial charge in [0.05, 0.1) is 15.9 Å². The maximum Gasteiger partial charge on any atom is 0.184 e. The number of carbonyl (C=O) groups is 2. The third-order valence-corrected chi connectivity index (χ3v) is 11.3. The summed E-state index contributed by atoms with van der Waals surface area (Å²) in [6.07, 6.45) is 9.20. The predicted molar refractivity (Wildman–Crippen MR) is 107 cm³/mol. The molecule has 27 heavy (non-hydrogen) atoms. The van der Waals surface area contributed by atoms with Crippen LogP contribution in [0.5, 0.6) is 0 Å². The minimum atomic E-state index is -4.33. The Balaban J connectivity index is 0.000000159. The molecule has 4 rings (SSSR count). The van der Waals surface area contributed by atoms with Gasteiger partial charge in [-0.1, -0.05) is 13.8 Å². The van der Waals surface area contributed by atoms with Crippen molar-refractivity contribution in [2.24, 2.45) is 16.7 Å². The number of Topliss-reactive ketones (excluding diaryl/α,β-unsaturated/α-hetero) is 2. The zero-order valence-corrected chi connectivity index (χ0v) is 18.1. The van der Waals surface area contributed by atoms with Crippen LogP contribution in [0.25, 0.3) is 0 Å². The molecule has 0 spiro atoms. The average molecular weight is 417 g/mol. The Bertz CT molecular complexity index is 693. The zero-order valence-electron chi connectivity index (χ0n) is 16.5. The van der Waals surface area contributed by atoms with E-state index in [1.54, 1.807) is 0 Å². The topological polar surface area (TPSA) is 91.3 Å². The number of carbonyl (C=O) groups excluding carboxylic acids is 2. The maximum absolute atomic E-state index is 11.8. The molecule has 7 heteroatoms. The van der Waals surface area contributed by atoms with Gasteiger partial charge in [-0.05, 0) is 60.8 Å². The summed E-state index contributed by atoms with van der Waals surface area (Å²) in [7, 11) is -3.82. The van der Waals surface area contributed by atoms with E-state index in [-0.39, 0.29) is 17.1 Å². The Morgan fingerprint density at radius 3 is 2.22 bits per heavy atom. The van der Waals surface area contributed by atoms with E-state index in [0.29, 0.717) is 34.8 Å². The maximum atomic E-state index is 11.8. The normalized spacial score (nSPS) is 36.0. The zero-order chi connectivity index (χ0) is 19.9. The van der Waals surface area contributed by atoms with E-state index < -0.39 is 21.3 Å². The molecule has 0 aromatic heterocycles. The molecule has 4 aliphatic rings. The highest BCUT2D eigenvalue weighted by molar-refractivity contribution is 7.98. The fraction of sp³-hybridized carbons (Fsp3) is 0.900. The highest BCUT2D eigenvalue weighted by Crippen LogP contribution is 2.64. The van der Waals surface area contributed by atoms with Crippen LogP contribution < -0.4 is 0 Å². The van der Waals surface area contributed by atoms with Gasteiger partial charge in [-0.2, -0.15) is 0 Å². The van der Waals surface area contributed by atoms with Crippen LogP contribution in [-0.2, 0) is 30.6 Å². The third kappa shape index (κ3) is 4.15. The van der Waals surface area contributed by atoms with E-state index in [1.165, 1.54) is 37.2 Å². The Labute approximate surface area is 166 Å². The lowest BCUT2D eigenvalue weighted by Gasteiger charge is -2.37. The van der Waals surface area contributed by atoms with Gasteiger partial charge in [-0.15, -0.1) is 0 Å². The van der Waals surface area contributed by atoms with Crippen LogP contribution in [0, 0.1) is 16.7 Å². The summed E-state index contributed by atoms with van der Waals surface area (Å²) in [5.74, 6) is 3.02. The summed E-state index contributed by atoms with van der Waals surface area (Å²) in [5.41, 5.74) is -1.22. The van der Waals surface area contributed by atoms with Crippen LogP contribution in [0.15, 0.2) is 0 Å². The van der Waals surface area contributed by atoms with E-state index in [2.05, 4.69) is 0 Å². The Morgan fingerprint density at radius 1 is 1.07 bits per heavy atom. The van der Waals surface area contributed by atoms with E-state index in [4.69, 9.17) is 0 Å². The first kappa shape index (κ1) is 21.3. The van der Waals surface area contributed by atoms with Gasteiger partial charge in [0.15, 0.2) is 11.0 Å². The lowest BCUT2D eigenvalue weighted by Crippen LogP contribution is -2.42. The molecule has 154 valence electrons. The molecule has 1 aliphatic heterocycles. The second-order valence-electron chi connectivity index (χ2n) is 9.22. The molecule has 3 unspecified atom stereocenters. The van der Waals surface area contributed by atoms with Gasteiger partial charge in [0.25, 0.3) is 0 Å². The summed E-state index contributed by atoms with van der Waals surface area (Å²) in [4.78, 5) is 23.4. The molecule has 3 aliphatic carbocycles. The lowest BCUT2D eigenvalue weighted by molar-refractivity contribution is -0.128. The van der Waals surface area contributed by atoms with Gasteiger partial charge in [0, 0.05) is 24.7 Å². The molecule has 1 saturated heterocycles. The Kier molecular flexibility index (Phi) is 6.15. The quantitative estimate of drug-likeness (QED) is 0.521. The van der Waals surface area contributed by atoms with Crippen LogP contribution in [0.4, 0.5) is 0 Å². The largest absolute Gasteiger partial charge is 0.748 e. The summed E-state index contributed by atoms with van der Waals surface area (Å²) >= 11 is 0. The molecule has 3 saturated carbocycles. The van der Waals surface area contributed by atoms with Crippen molar-refractivity contribution < 1.29 is 22.6 Å². The van der Waals surface area contributed by atoms with Gasteiger partial charge in [-0.25, -0.2) is 8.42 Å². The number of hydrogen-bond acceptors (Lipinski definition) is 5. The molecule has 0 amide bonds. The van der Waals surface area contributed by atoms with Crippen LogP contribution in [0.3, 0.4) is 0 Å². The molecular formula is C20H32O5S2. The highest BCUT2D eigenvalue weighted by Gasteiger charge is 2.64. The van der Waals surface area contributed by atoms with E-state index >= 15 is 0 Å². The van der Waals surface area contributed by atoms with Crippen LogP contribution in [0.2, 0.25) is 0 Å². The summed E-state index contributed by atoms with van der Waals surface area (Å²) in [5, 5.41) is 0.501. The van der Waals surface area contributed by atoms with Crippen LogP contribution >= 0.6 is 0 Å². The van der Waals surface area contributed by atoms with E-state index in [1.807, 2.05) is 13.8 Å². The molecule has 0 aromatic carbocycles. The molecule has 4 fully saturated rings. The molecule has 0 radical (unpaired) electrons. The van der Waals surface area contributed by atoms with Crippen LogP contribution in [-0.4, -0.2) is 47.0 Å². The number of ketones is 2. The molecule has 3 atom stereocenters. The van der Waals surface area contributed by atoms with Gasteiger partial charge >= 0.3 is 0 Å². The molecule has 5 nitrogen and oxygen atoms in total. The monoisotopic (exact) mass is 416 g/mol. The Hall–Kier alpha value is -0.400. The first-order valence-electron chi connectivity index (χ1n) is 10.2. The SMILES string of the molecule is CC1(C)C2CCC1(CS(=O)(=O)[O-])C(=O)C2.O=C1CCCCC1[S+]1CCCC1. The molecule has 0 aromatic rings. The fourth-order valence-corrected chi connectivity index (χ4v) is 9.87. The molecular weight excluding hydrogens is 384 g/mol. The first-order valence-corrected chi connectivity index (χ1v) is 13.4. The highest BCUT2D eigenvalue weighted by atomic mass is 32.2. The first-order chi connectivity index (χ1) is 12.6. The van der Waals surface area contributed by atoms with E-state index in [0.717, 1.165) is 19.3 Å². The number of rotatable bonds is 3. The van der Waals surface area contributed by atoms with Crippen LogP contribution in [0.1, 0.15) is 71.6 Å². The number of hydrogen-bond donors (Lipinski definition) is 0. The van der Waals surface area contributed by atoms with Crippen molar-refractivity contribution in [1.29, 1.82) is 0 Å². The third-order valence-electron chi connectivity index (χ3n) is 7.53. The van der Waals surface area contributed by atoms with Crippen molar-refractivity contribution in [3.05, 3.63) is 0 Å².